The molecule has 1 unspecified atom stereocenters. The molecule has 0 bridgehead atoms. The highest BCUT2D eigenvalue weighted by atomic mass is 16.5. The van der Waals surface area contributed by atoms with E-state index in [1.165, 1.54) is 4.90 Å². The minimum Gasteiger partial charge on any atom is -0.379 e. The predicted molar refractivity (Wildman–Crippen MR) is 59.4 cm³/mol. The summed E-state index contributed by atoms with van der Waals surface area (Å²) in [6.45, 7) is 1.32. The van der Waals surface area contributed by atoms with Gasteiger partial charge in [-0.2, -0.15) is 10.5 Å². The van der Waals surface area contributed by atoms with Gasteiger partial charge in [-0.15, -0.1) is 0 Å². The van der Waals surface area contributed by atoms with Crippen LogP contribution in [-0.4, -0.2) is 42.6 Å². The van der Waals surface area contributed by atoms with Crippen LogP contribution in [0.25, 0.3) is 0 Å². The summed E-state index contributed by atoms with van der Waals surface area (Å²) >= 11 is 0. The Hall–Kier alpha value is -1.63. The van der Waals surface area contributed by atoms with Gasteiger partial charge in [0.25, 0.3) is 0 Å². The molecule has 0 aromatic heterocycles. The third-order valence-corrected chi connectivity index (χ3v) is 2.75. The van der Waals surface area contributed by atoms with E-state index in [1.54, 1.807) is 0 Å². The minimum absolute atomic E-state index is 0.210. The first kappa shape index (κ1) is 13.4. The van der Waals surface area contributed by atoms with Gasteiger partial charge in [0, 0.05) is 19.7 Å². The number of carbonyl (C=O) groups is 1. The van der Waals surface area contributed by atoms with Gasteiger partial charge in [0.05, 0.1) is 31.6 Å². The Bertz CT molecular complexity index is 331. The average molecular weight is 236 g/mol. The summed E-state index contributed by atoms with van der Waals surface area (Å²) in [4.78, 5) is 13.7. The van der Waals surface area contributed by atoms with Crippen molar-refractivity contribution in [3.05, 3.63) is 0 Å². The number of ether oxygens (including phenoxy) is 1. The van der Waals surface area contributed by atoms with Crippen molar-refractivity contribution in [2.24, 2.45) is 5.73 Å². The van der Waals surface area contributed by atoms with Crippen LogP contribution in [0.1, 0.15) is 19.3 Å². The maximum absolute atomic E-state index is 12.2. The molecule has 6 nitrogen and oxygen atoms in total. The fourth-order valence-electron chi connectivity index (χ4n) is 1.75. The van der Waals surface area contributed by atoms with Crippen molar-refractivity contribution < 1.29 is 9.53 Å². The molecule has 1 saturated heterocycles. The van der Waals surface area contributed by atoms with Crippen LogP contribution in [0.4, 0.5) is 0 Å². The number of amides is 1. The average Bonchev–Trinajstić information content (AvgIpc) is 2.77. The highest BCUT2D eigenvalue weighted by Gasteiger charge is 2.40. The second-order valence-corrected chi connectivity index (χ2v) is 4.07. The van der Waals surface area contributed by atoms with Crippen molar-refractivity contribution in [2.75, 3.05) is 26.3 Å². The number of hydrogen-bond donors (Lipinski definition) is 1. The van der Waals surface area contributed by atoms with Crippen LogP contribution in [0, 0.1) is 22.7 Å². The monoisotopic (exact) mass is 236 g/mol. The van der Waals surface area contributed by atoms with Gasteiger partial charge < -0.3 is 15.4 Å². The maximum Gasteiger partial charge on any atom is 0.245 e. The summed E-state index contributed by atoms with van der Waals surface area (Å²) in [7, 11) is 0. The highest BCUT2D eigenvalue weighted by molar-refractivity contribution is 5.86. The Morgan fingerprint density at radius 2 is 1.94 bits per heavy atom. The Morgan fingerprint density at radius 1 is 1.35 bits per heavy atom. The topological polar surface area (TPSA) is 103 Å². The van der Waals surface area contributed by atoms with E-state index in [0.717, 1.165) is 0 Å². The van der Waals surface area contributed by atoms with Crippen molar-refractivity contribution in [3.63, 3.8) is 0 Å². The molecule has 0 radical (unpaired) electrons. The SMILES string of the molecule is N#CCCN(CCC#N)C(=O)C1(N)CCOC1. The van der Waals surface area contributed by atoms with Crippen LogP contribution in [0.5, 0.6) is 0 Å². The summed E-state index contributed by atoms with van der Waals surface area (Å²) in [6, 6.07) is 3.97. The molecule has 92 valence electrons. The third kappa shape index (κ3) is 3.42. The van der Waals surface area contributed by atoms with E-state index in [4.69, 9.17) is 21.0 Å². The smallest absolute Gasteiger partial charge is 0.245 e. The van der Waals surface area contributed by atoms with Gasteiger partial charge in [-0.3, -0.25) is 4.79 Å². The molecule has 1 amide bonds. The maximum atomic E-state index is 12.2. The zero-order valence-electron chi connectivity index (χ0n) is 9.69. The molecule has 1 aliphatic heterocycles. The van der Waals surface area contributed by atoms with Crippen molar-refractivity contribution in [2.45, 2.75) is 24.8 Å². The number of carbonyl (C=O) groups excluding carboxylic acids is 1. The Labute approximate surface area is 101 Å². The molecule has 1 rings (SSSR count). The lowest BCUT2D eigenvalue weighted by atomic mass is 9.98. The highest BCUT2D eigenvalue weighted by Crippen LogP contribution is 2.18. The van der Waals surface area contributed by atoms with E-state index in [9.17, 15) is 4.79 Å². The zero-order valence-corrected chi connectivity index (χ0v) is 9.69. The molecule has 0 aliphatic carbocycles. The number of hydrogen-bond acceptors (Lipinski definition) is 5. The molecule has 1 heterocycles. The molecule has 0 spiro atoms. The van der Waals surface area contributed by atoms with Crippen LogP contribution in [0.3, 0.4) is 0 Å². The molecule has 17 heavy (non-hydrogen) atoms. The standard InChI is InChI=1S/C11H16N4O2/c12-4-1-6-15(7-2-5-13)10(16)11(14)3-8-17-9-11/h1-3,6-9,14H2. The largest absolute Gasteiger partial charge is 0.379 e. The summed E-state index contributed by atoms with van der Waals surface area (Å²) in [5.74, 6) is -0.222. The lowest BCUT2D eigenvalue weighted by Crippen LogP contribution is -2.56. The Morgan fingerprint density at radius 3 is 2.35 bits per heavy atom. The van der Waals surface area contributed by atoms with Gasteiger partial charge in [-0.1, -0.05) is 0 Å². The summed E-state index contributed by atoms with van der Waals surface area (Å²) in [6.07, 6.45) is 0.976. The lowest BCUT2D eigenvalue weighted by molar-refractivity contribution is -0.136. The summed E-state index contributed by atoms with van der Waals surface area (Å²) in [5.41, 5.74) is 4.98. The van der Waals surface area contributed by atoms with Gasteiger partial charge in [-0.05, 0) is 6.42 Å². The quantitative estimate of drug-likeness (QED) is 0.709. The van der Waals surface area contributed by atoms with Gasteiger partial charge in [0.15, 0.2) is 0 Å². The first-order valence-electron chi connectivity index (χ1n) is 5.54. The molecular formula is C11H16N4O2. The van der Waals surface area contributed by atoms with E-state index in [-0.39, 0.29) is 25.4 Å². The van der Waals surface area contributed by atoms with Crippen molar-refractivity contribution in [1.82, 2.24) is 4.90 Å². The van der Waals surface area contributed by atoms with Gasteiger partial charge in [0.1, 0.15) is 5.54 Å². The van der Waals surface area contributed by atoms with Crippen LogP contribution >= 0.6 is 0 Å². The van der Waals surface area contributed by atoms with Crippen LogP contribution in [0.2, 0.25) is 0 Å². The van der Waals surface area contributed by atoms with Crippen molar-refractivity contribution >= 4 is 5.91 Å². The molecule has 1 atom stereocenters. The number of rotatable bonds is 5. The number of nitriles is 2. The Balaban J connectivity index is 2.65. The van der Waals surface area contributed by atoms with Gasteiger partial charge >= 0.3 is 0 Å². The van der Waals surface area contributed by atoms with Crippen molar-refractivity contribution in [1.29, 1.82) is 10.5 Å². The summed E-state index contributed by atoms with van der Waals surface area (Å²) < 4.78 is 5.14. The molecule has 0 aromatic rings. The van der Waals surface area contributed by atoms with Gasteiger partial charge in [-0.25, -0.2) is 0 Å². The van der Waals surface area contributed by atoms with Gasteiger partial charge in [0.2, 0.25) is 5.91 Å². The fourth-order valence-corrected chi connectivity index (χ4v) is 1.75. The molecule has 1 fully saturated rings. The predicted octanol–water partition coefficient (Wildman–Crippen LogP) is -0.240. The minimum atomic E-state index is -0.981. The van der Waals surface area contributed by atoms with E-state index in [2.05, 4.69) is 0 Å². The molecular weight excluding hydrogens is 220 g/mol. The van der Waals surface area contributed by atoms with Crippen molar-refractivity contribution in [3.8, 4) is 12.1 Å². The Kier molecular flexibility index (Phi) is 4.89. The first-order valence-corrected chi connectivity index (χ1v) is 5.54. The van der Waals surface area contributed by atoms with Crippen LogP contribution < -0.4 is 5.73 Å². The zero-order chi connectivity index (χ0) is 12.7. The molecule has 1 aliphatic rings. The number of nitrogens with zero attached hydrogens (tertiary/aromatic N) is 3. The normalized spacial score (nSPS) is 22.8. The van der Waals surface area contributed by atoms with E-state index >= 15 is 0 Å². The fraction of sp³-hybridized carbons (Fsp3) is 0.727. The lowest BCUT2D eigenvalue weighted by Gasteiger charge is -2.29. The first-order chi connectivity index (χ1) is 8.14. The molecule has 2 N–H and O–H groups in total. The van der Waals surface area contributed by atoms with E-state index in [0.29, 0.717) is 26.1 Å². The van der Waals surface area contributed by atoms with E-state index < -0.39 is 5.54 Å². The molecule has 6 heteroatoms. The van der Waals surface area contributed by atoms with Crippen LogP contribution in [-0.2, 0) is 9.53 Å². The number of nitrogens with two attached hydrogens (primary N) is 1. The summed E-state index contributed by atoms with van der Waals surface area (Å²) in [5, 5.41) is 17.1. The second kappa shape index (κ2) is 6.19. The molecule has 0 saturated carbocycles. The molecule has 0 aromatic carbocycles. The van der Waals surface area contributed by atoms with E-state index in [1.807, 2.05) is 12.1 Å². The second-order valence-electron chi connectivity index (χ2n) is 4.07. The van der Waals surface area contributed by atoms with Crippen LogP contribution in [0.15, 0.2) is 0 Å². The third-order valence-electron chi connectivity index (χ3n) is 2.75.